The summed E-state index contributed by atoms with van der Waals surface area (Å²) in [6.07, 6.45) is 7.19. The number of rotatable bonds is 2. The van der Waals surface area contributed by atoms with Crippen molar-refractivity contribution in [3.8, 4) is 0 Å². The number of carbonyl (C=O) groups is 2. The molecule has 1 aliphatic carbocycles. The predicted octanol–water partition coefficient (Wildman–Crippen LogP) is 1.05. The zero-order valence-electron chi connectivity index (χ0n) is 12.5. The molecule has 0 aromatic heterocycles. The summed E-state index contributed by atoms with van der Waals surface area (Å²) in [7, 11) is 0. The fraction of sp³-hybridized carbons (Fsp3) is 0.867. The highest BCUT2D eigenvalue weighted by molar-refractivity contribution is 6.07. The zero-order chi connectivity index (χ0) is 14.9. The molecule has 21 heavy (non-hydrogen) atoms. The van der Waals surface area contributed by atoms with E-state index in [1.165, 1.54) is 4.90 Å². The molecule has 118 valence electrons. The number of β-amino-alcohol motifs (C(OH)–C–C–N with tert-alkyl or cyclic N) is 1. The van der Waals surface area contributed by atoms with Crippen molar-refractivity contribution in [1.29, 1.82) is 0 Å². The molecule has 1 atom stereocenters. The molecule has 3 rings (SSSR count). The van der Waals surface area contributed by atoms with Crippen molar-refractivity contribution in [2.45, 2.75) is 63.0 Å². The van der Waals surface area contributed by atoms with Crippen LogP contribution >= 0.6 is 0 Å². The Morgan fingerprint density at radius 1 is 1.14 bits per heavy atom. The lowest BCUT2D eigenvalue weighted by molar-refractivity contribution is -0.133. The number of nitrogens with zero attached hydrogens (tertiary/aromatic N) is 2. The first-order chi connectivity index (χ1) is 10.1. The normalized spacial score (nSPS) is 30.5. The van der Waals surface area contributed by atoms with E-state index in [4.69, 9.17) is 0 Å². The van der Waals surface area contributed by atoms with Crippen LogP contribution in [0.1, 0.15) is 51.4 Å². The van der Waals surface area contributed by atoms with E-state index in [-0.39, 0.29) is 18.0 Å². The number of urea groups is 1. The summed E-state index contributed by atoms with van der Waals surface area (Å²) in [4.78, 5) is 28.3. The van der Waals surface area contributed by atoms with Crippen LogP contribution in [0.25, 0.3) is 0 Å². The lowest BCUT2D eigenvalue weighted by atomic mass is 9.90. The van der Waals surface area contributed by atoms with Crippen molar-refractivity contribution >= 4 is 11.9 Å². The highest BCUT2D eigenvalue weighted by atomic mass is 16.3. The largest absolute Gasteiger partial charge is 0.392 e. The Kier molecular flexibility index (Phi) is 4.17. The van der Waals surface area contributed by atoms with Crippen LogP contribution in [0, 0.1) is 0 Å². The molecule has 6 heteroatoms. The second-order valence-electron chi connectivity index (χ2n) is 6.67. The summed E-state index contributed by atoms with van der Waals surface area (Å²) in [5.41, 5.74) is -0.651. The minimum Gasteiger partial charge on any atom is -0.392 e. The number of likely N-dealkylation sites (tertiary alicyclic amines) is 1. The molecule has 3 amide bonds. The van der Waals surface area contributed by atoms with E-state index in [0.29, 0.717) is 13.2 Å². The maximum Gasteiger partial charge on any atom is 0.326 e. The molecule has 2 aliphatic heterocycles. The van der Waals surface area contributed by atoms with E-state index >= 15 is 0 Å². The van der Waals surface area contributed by atoms with Crippen molar-refractivity contribution in [2.75, 3.05) is 19.8 Å². The first-order valence-electron chi connectivity index (χ1n) is 8.15. The van der Waals surface area contributed by atoms with Crippen molar-refractivity contribution in [3.05, 3.63) is 0 Å². The van der Waals surface area contributed by atoms with Crippen molar-refractivity contribution in [3.63, 3.8) is 0 Å². The van der Waals surface area contributed by atoms with Gasteiger partial charge in [0.25, 0.3) is 5.91 Å². The highest BCUT2D eigenvalue weighted by Crippen LogP contribution is 2.32. The average molecular weight is 295 g/mol. The van der Waals surface area contributed by atoms with Crippen LogP contribution in [0.5, 0.6) is 0 Å². The summed E-state index contributed by atoms with van der Waals surface area (Å²) >= 11 is 0. The van der Waals surface area contributed by atoms with E-state index < -0.39 is 5.54 Å². The van der Waals surface area contributed by atoms with Gasteiger partial charge in [-0.05, 0) is 25.7 Å². The monoisotopic (exact) mass is 295 g/mol. The number of piperidine rings is 1. The topological polar surface area (TPSA) is 72.9 Å². The van der Waals surface area contributed by atoms with Crippen LogP contribution in [0.3, 0.4) is 0 Å². The maximum absolute atomic E-state index is 12.8. The molecule has 3 fully saturated rings. The van der Waals surface area contributed by atoms with Crippen LogP contribution in [-0.2, 0) is 4.79 Å². The molecule has 0 aromatic rings. The Morgan fingerprint density at radius 3 is 2.52 bits per heavy atom. The minimum atomic E-state index is -0.651. The van der Waals surface area contributed by atoms with Crippen LogP contribution < -0.4 is 5.32 Å². The average Bonchev–Trinajstić information content (AvgIpc) is 2.63. The molecule has 6 nitrogen and oxygen atoms in total. The molecule has 2 heterocycles. The summed E-state index contributed by atoms with van der Waals surface area (Å²) < 4.78 is 0. The third kappa shape index (κ3) is 2.92. The first kappa shape index (κ1) is 14.8. The van der Waals surface area contributed by atoms with Gasteiger partial charge in [-0.3, -0.25) is 9.69 Å². The molecule has 0 bridgehead atoms. The number of hydrogen-bond acceptors (Lipinski definition) is 4. The molecular formula is C15H25N3O3. The van der Waals surface area contributed by atoms with Crippen molar-refractivity contribution in [1.82, 2.24) is 15.1 Å². The number of aliphatic hydroxyl groups is 1. The fourth-order valence-corrected chi connectivity index (χ4v) is 3.84. The molecule has 0 aromatic carbocycles. The van der Waals surface area contributed by atoms with Crippen LogP contribution in [0.2, 0.25) is 0 Å². The zero-order valence-corrected chi connectivity index (χ0v) is 12.5. The van der Waals surface area contributed by atoms with Gasteiger partial charge >= 0.3 is 6.03 Å². The lowest BCUT2D eigenvalue weighted by Gasteiger charge is -2.32. The molecule has 1 spiro atoms. The van der Waals surface area contributed by atoms with E-state index in [9.17, 15) is 14.7 Å². The van der Waals surface area contributed by atoms with E-state index in [2.05, 4.69) is 5.32 Å². The van der Waals surface area contributed by atoms with Crippen molar-refractivity contribution < 1.29 is 14.7 Å². The van der Waals surface area contributed by atoms with Crippen LogP contribution in [0.15, 0.2) is 0 Å². The van der Waals surface area contributed by atoms with Gasteiger partial charge < -0.3 is 10.4 Å². The molecule has 3 aliphatic rings. The fourth-order valence-electron chi connectivity index (χ4n) is 3.84. The number of hydrogen-bond donors (Lipinski definition) is 2. The Bertz CT molecular complexity index is 418. The van der Waals surface area contributed by atoms with Crippen molar-refractivity contribution in [2.24, 2.45) is 0 Å². The van der Waals surface area contributed by atoms with Gasteiger partial charge in [0, 0.05) is 13.1 Å². The maximum atomic E-state index is 12.8. The van der Waals surface area contributed by atoms with Gasteiger partial charge in [0.05, 0.1) is 12.8 Å². The van der Waals surface area contributed by atoms with Gasteiger partial charge in [-0.2, -0.15) is 0 Å². The Labute approximate surface area is 125 Å². The van der Waals surface area contributed by atoms with Gasteiger partial charge in [-0.25, -0.2) is 9.69 Å². The number of nitrogens with one attached hydrogen (secondary N) is 1. The predicted molar refractivity (Wildman–Crippen MR) is 77.5 cm³/mol. The van der Waals surface area contributed by atoms with E-state index in [0.717, 1.165) is 57.9 Å². The van der Waals surface area contributed by atoms with Gasteiger partial charge in [0.15, 0.2) is 0 Å². The molecule has 0 radical (unpaired) electrons. The molecular weight excluding hydrogens is 270 g/mol. The molecule has 0 unspecified atom stereocenters. The minimum absolute atomic E-state index is 0.0607. The Hall–Kier alpha value is -1.14. The second kappa shape index (κ2) is 5.93. The third-order valence-corrected chi connectivity index (χ3v) is 5.03. The van der Waals surface area contributed by atoms with Gasteiger partial charge in [0.1, 0.15) is 5.54 Å². The van der Waals surface area contributed by atoms with Gasteiger partial charge in [0.2, 0.25) is 0 Å². The van der Waals surface area contributed by atoms with Gasteiger partial charge in [-0.1, -0.05) is 25.7 Å². The Balaban J connectivity index is 1.68. The van der Waals surface area contributed by atoms with Crippen LogP contribution in [-0.4, -0.2) is 58.2 Å². The molecule has 2 N–H and O–H groups in total. The summed E-state index contributed by atoms with van der Waals surface area (Å²) in [6, 6.07) is -0.262. The van der Waals surface area contributed by atoms with E-state index in [1.54, 1.807) is 0 Å². The first-order valence-corrected chi connectivity index (χ1v) is 8.15. The summed E-state index contributed by atoms with van der Waals surface area (Å²) in [5, 5.41) is 12.7. The molecule has 2 saturated heterocycles. The molecule has 1 saturated carbocycles. The number of aliphatic hydroxyl groups excluding tert-OH is 1. The SMILES string of the molecule is O=C1NC2(CCCCCC2)C(=O)N1CN1CCC[C@@H](O)C1. The Morgan fingerprint density at radius 2 is 1.86 bits per heavy atom. The summed E-state index contributed by atoms with van der Waals surface area (Å²) in [6.45, 7) is 1.69. The number of imide groups is 1. The third-order valence-electron chi connectivity index (χ3n) is 5.03. The standard InChI is InChI=1S/C15H25N3O3/c19-12-6-5-9-17(10-12)11-18-13(20)15(16-14(18)21)7-3-1-2-4-8-15/h12,19H,1-11H2,(H,16,21)/t12-/m1/s1. The highest BCUT2D eigenvalue weighted by Gasteiger charge is 2.51. The quantitative estimate of drug-likeness (QED) is 0.747. The summed E-state index contributed by atoms with van der Waals surface area (Å²) in [5.74, 6) is -0.0607. The van der Waals surface area contributed by atoms with Gasteiger partial charge in [-0.15, -0.1) is 0 Å². The smallest absolute Gasteiger partial charge is 0.326 e. The van der Waals surface area contributed by atoms with E-state index in [1.807, 2.05) is 4.90 Å². The number of amides is 3. The van der Waals surface area contributed by atoms with Crippen LogP contribution in [0.4, 0.5) is 4.79 Å². The number of carbonyl (C=O) groups excluding carboxylic acids is 2. The second-order valence-corrected chi connectivity index (χ2v) is 6.67. The lowest BCUT2D eigenvalue weighted by Crippen LogP contribution is -2.49.